The van der Waals surface area contributed by atoms with Gasteiger partial charge in [0.1, 0.15) is 5.75 Å². The third-order valence-electron chi connectivity index (χ3n) is 4.23. The molecule has 25 heavy (non-hydrogen) atoms. The lowest BCUT2D eigenvalue weighted by atomic mass is 10.0. The van der Waals surface area contributed by atoms with Crippen LogP contribution in [-0.2, 0) is 9.53 Å². The van der Waals surface area contributed by atoms with E-state index in [1.54, 1.807) is 17.9 Å². The first-order valence-corrected chi connectivity index (χ1v) is 7.82. The van der Waals surface area contributed by atoms with E-state index in [1.807, 2.05) is 0 Å². The van der Waals surface area contributed by atoms with Crippen molar-refractivity contribution < 1.29 is 23.8 Å². The van der Waals surface area contributed by atoms with Crippen molar-refractivity contribution in [1.82, 2.24) is 4.90 Å². The molecule has 130 valence electrons. The summed E-state index contributed by atoms with van der Waals surface area (Å²) in [5, 5.41) is 10.2. The summed E-state index contributed by atoms with van der Waals surface area (Å²) in [5.41, 5.74) is 0.0912. The highest BCUT2D eigenvalue weighted by molar-refractivity contribution is 5.99. The fraction of sp³-hybridized carbons (Fsp3) is 0.278. The summed E-state index contributed by atoms with van der Waals surface area (Å²) in [6.45, 7) is 3.71. The van der Waals surface area contributed by atoms with E-state index in [4.69, 9.17) is 9.15 Å². The molecule has 1 fully saturated rings. The second kappa shape index (κ2) is 6.90. The first-order valence-electron chi connectivity index (χ1n) is 7.82. The Bertz CT molecular complexity index is 921. The van der Waals surface area contributed by atoms with Crippen LogP contribution in [0.3, 0.4) is 0 Å². The van der Waals surface area contributed by atoms with Crippen LogP contribution in [0, 0.1) is 6.92 Å². The molecule has 1 saturated heterocycles. The number of ether oxygens (including phenoxy) is 1. The summed E-state index contributed by atoms with van der Waals surface area (Å²) >= 11 is 0. The van der Waals surface area contributed by atoms with Crippen molar-refractivity contribution in [3.8, 4) is 5.75 Å². The van der Waals surface area contributed by atoms with E-state index in [-0.39, 0.29) is 28.4 Å². The number of carbonyl (C=O) groups is 2. The summed E-state index contributed by atoms with van der Waals surface area (Å²) in [6, 6.07) is 2.93. The first-order chi connectivity index (χ1) is 12.0. The number of aryl methyl sites for hydroxylation is 1. The Morgan fingerprint density at radius 3 is 2.64 bits per heavy atom. The number of phenols is 1. The normalized spacial score (nSPS) is 15.0. The highest BCUT2D eigenvalue weighted by Gasteiger charge is 2.17. The standard InChI is InChI=1S/C18H17NO6/c1-11-12-2-4-15(21)14(10-20)17(12)25-18(23)13(11)3-5-16(22)19-6-8-24-9-7-19/h2-5,10,21H,6-9H2,1H3/b5-3+. The summed E-state index contributed by atoms with van der Waals surface area (Å²) in [6.07, 6.45) is 3.20. The third kappa shape index (κ3) is 3.18. The van der Waals surface area contributed by atoms with Crippen molar-refractivity contribution in [3.05, 3.63) is 45.3 Å². The number of aromatic hydroxyl groups is 1. The summed E-state index contributed by atoms with van der Waals surface area (Å²) in [7, 11) is 0. The van der Waals surface area contributed by atoms with Gasteiger partial charge in [0.2, 0.25) is 5.91 Å². The lowest BCUT2D eigenvalue weighted by Gasteiger charge is -2.25. The van der Waals surface area contributed by atoms with Crippen LogP contribution < -0.4 is 5.63 Å². The van der Waals surface area contributed by atoms with Crippen LogP contribution in [0.5, 0.6) is 5.75 Å². The summed E-state index contributed by atoms with van der Waals surface area (Å²) in [5.74, 6) is -0.461. The van der Waals surface area contributed by atoms with Gasteiger partial charge in [-0.25, -0.2) is 4.79 Å². The average molecular weight is 343 g/mol. The zero-order valence-electron chi connectivity index (χ0n) is 13.7. The van der Waals surface area contributed by atoms with Gasteiger partial charge in [-0.2, -0.15) is 0 Å². The van der Waals surface area contributed by atoms with Gasteiger partial charge in [-0.1, -0.05) is 0 Å². The lowest BCUT2D eigenvalue weighted by molar-refractivity contribution is -0.129. The molecule has 1 aromatic carbocycles. The molecule has 0 unspecified atom stereocenters. The maximum absolute atomic E-state index is 12.3. The Labute approximate surface area is 143 Å². The predicted octanol–water partition coefficient (Wildman–Crippen LogP) is 1.49. The van der Waals surface area contributed by atoms with Gasteiger partial charge in [0.25, 0.3) is 0 Å². The predicted molar refractivity (Wildman–Crippen MR) is 90.7 cm³/mol. The van der Waals surface area contributed by atoms with Crippen molar-refractivity contribution >= 4 is 29.2 Å². The Balaban J connectivity index is 2.01. The molecule has 0 saturated carbocycles. The number of carbonyl (C=O) groups excluding carboxylic acids is 2. The Kier molecular flexibility index (Phi) is 4.67. The Morgan fingerprint density at radius 2 is 1.96 bits per heavy atom. The van der Waals surface area contributed by atoms with Crippen molar-refractivity contribution in [3.63, 3.8) is 0 Å². The van der Waals surface area contributed by atoms with Crippen molar-refractivity contribution in [2.45, 2.75) is 6.92 Å². The van der Waals surface area contributed by atoms with Crippen LogP contribution in [0.4, 0.5) is 0 Å². The maximum Gasteiger partial charge on any atom is 0.343 e. The molecule has 1 aliphatic rings. The number of hydrogen-bond donors (Lipinski definition) is 1. The SMILES string of the molecule is Cc1c(/C=C/C(=O)N2CCOCC2)c(=O)oc2c(C=O)c(O)ccc12. The van der Waals surface area contributed by atoms with Gasteiger partial charge in [-0.3, -0.25) is 9.59 Å². The smallest absolute Gasteiger partial charge is 0.343 e. The molecule has 0 spiro atoms. The molecule has 7 nitrogen and oxygen atoms in total. The zero-order valence-corrected chi connectivity index (χ0v) is 13.7. The topological polar surface area (TPSA) is 97.0 Å². The summed E-state index contributed by atoms with van der Waals surface area (Å²) < 4.78 is 10.4. The summed E-state index contributed by atoms with van der Waals surface area (Å²) in [4.78, 5) is 37.2. The van der Waals surface area contributed by atoms with E-state index in [9.17, 15) is 19.5 Å². The van der Waals surface area contributed by atoms with E-state index in [2.05, 4.69) is 0 Å². The quantitative estimate of drug-likeness (QED) is 0.515. The molecule has 1 aliphatic heterocycles. The molecule has 1 N–H and O–H groups in total. The van der Waals surface area contributed by atoms with Gasteiger partial charge in [0.15, 0.2) is 11.9 Å². The molecule has 0 radical (unpaired) electrons. The average Bonchev–Trinajstić information content (AvgIpc) is 2.62. The van der Waals surface area contributed by atoms with Crippen LogP contribution in [0.2, 0.25) is 0 Å². The fourth-order valence-corrected chi connectivity index (χ4v) is 2.79. The van der Waals surface area contributed by atoms with E-state index < -0.39 is 5.63 Å². The number of nitrogens with zero attached hydrogens (tertiary/aromatic N) is 1. The van der Waals surface area contributed by atoms with Crippen molar-refractivity contribution in [1.29, 1.82) is 0 Å². The van der Waals surface area contributed by atoms with Crippen LogP contribution in [0.1, 0.15) is 21.5 Å². The molecule has 0 atom stereocenters. The minimum absolute atomic E-state index is 0.0363. The number of amides is 1. The second-order valence-electron chi connectivity index (χ2n) is 5.69. The van der Waals surface area contributed by atoms with E-state index in [0.717, 1.165) is 0 Å². The zero-order chi connectivity index (χ0) is 18.0. The van der Waals surface area contributed by atoms with Crippen LogP contribution in [0.25, 0.3) is 17.0 Å². The third-order valence-corrected chi connectivity index (χ3v) is 4.23. The van der Waals surface area contributed by atoms with Crippen molar-refractivity contribution in [2.75, 3.05) is 26.3 Å². The molecular weight excluding hydrogens is 326 g/mol. The largest absolute Gasteiger partial charge is 0.507 e. The molecule has 2 heterocycles. The van der Waals surface area contributed by atoms with Crippen LogP contribution >= 0.6 is 0 Å². The van der Waals surface area contributed by atoms with Crippen LogP contribution in [0.15, 0.2) is 27.4 Å². The van der Waals surface area contributed by atoms with Gasteiger partial charge in [-0.05, 0) is 30.7 Å². The second-order valence-corrected chi connectivity index (χ2v) is 5.69. The highest BCUT2D eigenvalue weighted by atomic mass is 16.5. The first kappa shape index (κ1) is 16.9. The molecule has 0 bridgehead atoms. The molecule has 2 aromatic rings. The number of benzene rings is 1. The van der Waals surface area contributed by atoms with Crippen molar-refractivity contribution in [2.24, 2.45) is 0 Å². The number of morpholine rings is 1. The van der Waals surface area contributed by atoms with Gasteiger partial charge in [0.05, 0.1) is 24.3 Å². The Morgan fingerprint density at radius 1 is 1.24 bits per heavy atom. The molecule has 3 rings (SSSR count). The highest BCUT2D eigenvalue weighted by Crippen LogP contribution is 2.28. The minimum Gasteiger partial charge on any atom is -0.507 e. The van der Waals surface area contributed by atoms with Crippen LogP contribution in [-0.4, -0.2) is 48.5 Å². The molecule has 0 aliphatic carbocycles. The lowest BCUT2D eigenvalue weighted by Crippen LogP contribution is -2.39. The number of hydrogen-bond acceptors (Lipinski definition) is 6. The number of phenolic OH excluding ortho intramolecular Hbond substituents is 1. The number of aldehydes is 1. The Hall–Kier alpha value is -2.93. The molecule has 1 aromatic heterocycles. The molecule has 7 heteroatoms. The van der Waals surface area contributed by atoms with Gasteiger partial charge in [0, 0.05) is 24.6 Å². The van der Waals surface area contributed by atoms with Gasteiger partial charge in [-0.15, -0.1) is 0 Å². The van der Waals surface area contributed by atoms with Gasteiger partial charge < -0.3 is 19.2 Å². The van der Waals surface area contributed by atoms with Gasteiger partial charge >= 0.3 is 5.63 Å². The van der Waals surface area contributed by atoms with E-state index >= 15 is 0 Å². The van der Waals surface area contributed by atoms with E-state index in [0.29, 0.717) is 43.5 Å². The minimum atomic E-state index is -0.676. The monoisotopic (exact) mass is 343 g/mol. The fourth-order valence-electron chi connectivity index (χ4n) is 2.79. The number of fused-ring (bicyclic) bond motifs is 1. The molecule has 1 amide bonds. The maximum atomic E-state index is 12.3. The van der Waals surface area contributed by atoms with E-state index in [1.165, 1.54) is 18.2 Å². The number of rotatable bonds is 3. The molecular formula is C18H17NO6.